The first-order valence-corrected chi connectivity index (χ1v) is 16.3. The van der Waals surface area contributed by atoms with Crippen molar-refractivity contribution in [2.45, 2.75) is 90.9 Å². The van der Waals surface area contributed by atoms with Crippen LogP contribution in [0.25, 0.3) is 0 Å². The Balaban J connectivity index is 2.11. The van der Waals surface area contributed by atoms with Gasteiger partial charge in [0.25, 0.3) is 0 Å². The Bertz CT molecular complexity index is 989. The lowest BCUT2D eigenvalue weighted by atomic mass is 10.0. The van der Waals surface area contributed by atoms with Crippen LogP contribution in [0.3, 0.4) is 0 Å². The van der Waals surface area contributed by atoms with Gasteiger partial charge in [0, 0.05) is 49.4 Å². The van der Waals surface area contributed by atoms with E-state index in [4.69, 9.17) is 19.6 Å². The molecule has 9 heteroatoms. The number of methoxy groups -OCH3 is 1. The number of benzene rings is 1. The Kier molecular flexibility index (Phi) is 11.7. The quantitative estimate of drug-likeness (QED) is 0.197. The third-order valence-corrected chi connectivity index (χ3v) is 11.7. The molecule has 208 valence electrons. The fraction of sp³-hybridized carbons (Fsp3) is 0.643. The zero-order chi connectivity index (χ0) is 27.6. The third-order valence-electron chi connectivity index (χ3n) is 7.14. The summed E-state index contributed by atoms with van der Waals surface area (Å²) in [7, 11) is -0.0714. The Hall–Kier alpha value is -2.36. The average molecular weight is 533 g/mol. The Labute approximate surface area is 224 Å². The van der Waals surface area contributed by atoms with E-state index in [9.17, 15) is 5.11 Å². The Morgan fingerprint density at radius 2 is 1.86 bits per heavy atom. The number of nitrogens with zero attached hydrogens (tertiary/aromatic N) is 2. The van der Waals surface area contributed by atoms with Crippen molar-refractivity contribution < 1.29 is 19.0 Å². The lowest BCUT2D eigenvalue weighted by Gasteiger charge is -2.36. The summed E-state index contributed by atoms with van der Waals surface area (Å²) < 4.78 is 18.0. The number of nitrogens with one attached hydrogen (secondary N) is 1. The molecule has 1 aromatic heterocycles. The highest BCUT2D eigenvalue weighted by molar-refractivity contribution is 6.74. The molecule has 4 N–H and O–H groups in total. The van der Waals surface area contributed by atoms with Crippen LogP contribution in [0, 0.1) is 6.92 Å². The number of anilines is 2. The molecule has 0 amide bonds. The van der Waals surface area contributed by atoms with E-state index < -0.39 is 8.32 Å². The largest absolute Gasteiger partial charge is 0.496 e. The van der Waals surface area contributed by atoms with Gasteiger partial charge in [-0.3, -0.25) is 0 Å². The molecular weight excluding hydrogens is 484 g/mol. The van der Waals surface area contributed by atoms with Gasteiger partial charge >= 0.3 is 0 Å². The fourth-order valence-corrected chi connectivity index (χ4v) is 4.97. The van der Waals surface area contributed by atoms with Crippen LogP contribution in [0.2, 0.25) is 18.1 Å². The maximum Gasteiger partial charge on any atom is 0.222 e. The number of rotatable bonds is 15. The monoisotopic (exact) mass is 532 g/mol. The molecule has 0 radical (unpaired) electrons. The smallest absolute Gasteiger partial charge is 0.222 e. The van der Waals surface area contributed by atoms with Crippen molar-refractivity contribution in [1.29, 1.82) is 0 Å². The van der Waals surface area contributed by atoms with E-state index in [1.807, 2.05) is 25.1 Å². The highest BCUT2D eigenvalue weighted by Crippen LogP contribution is 2.36. The van der Waals surface area contributed by atoms with Gasteiger partial charge in [-0.2, -0.15) is 4.98 Å². The highest BCUT2D eigenvalue weighted by Gasteiger charge is 2.36. The van der Waals surface area contributed by atoms with Gasteiger partial charge in [-0.05, 0) is 49.5 Å². The molecule has 0 aliphatic rings. The van der Waals surface area contributed by atoms with E-state index in [0.717, 1.165) is 47.6 Å². The van der Waals surface area contributed by atoms with Gasteiger partial charge in [-0.15, -0.1) is 0 Å². The minimum atomic E-state index is -1.74. The molecule has 0 aliphatic carbocycles. The van der Waals surface area contributed by atoms with Crippen LogP contribution in [0.4, 0.5) is 11.8 Å². The molecule has 0 spiro atoms. The Morgan fingerprint density at radius 3 is 2.49 bits per heavy atom. The van der Waals surface area contributed by atoms with Crippen molar-refractivity contribution >= 4 is 20.1 Å². The van der Waals surface area contributed by atoms with Crippen LogP contribution < -0.4 is 20.5 Å². The molecule has 0 fully saturated rings. The summed E-state index contributed by atoms with van der Waals surface area (Å²) in [5.41, 5.74) is 8.76. The molecule has 2 aromatic rings. The van der Waals surface area contributed by atoms with E-state index >= 15 is 0 Å². The number of hydrogen-bond acceptors (Lipinski definition) is 8. The second kappa shape index (κ2) is 14.0. The normalized spacial score (nSPS) is 12.9. The van der Waals surface area contributed by atoms with Crippen molar-refractivity contribution in [2.75, 3.05) is 38.0 Å². The first-order chi connectivity index (χ1) is 17.4. The molecular formula is C28H48N4O4Si. The van der Waals surface area contributed by atoms with Gasteiger partial charge in [0.2, 0.25) is 5.95 Å². The second-order valence-electron chi connectivity index (χ2n) is 11.1. The maximum atomic E-state index is 9.48. The van der Waals surface area contributed by atoms with E-state index in [1.54, 1.807) is 7.11 Å². The zero-order valence-corrected chi connectivity index (χ0v) is 25.1. The van der Waals surface area contributed by atoms with Gasteiger partial charge in [0.15, 0.2) is 8.32 Å². The minimum absolute atomic E-state index is 0.112. The van der Waals surface area contributed by atoms with Crippen molar-refractivity contribution in [3.63, 3.8) is 0 Å². The number of aliphatic hydroxyl groups is 1. The highest BCUT2D eigenvalue weighted by atomic mass is 28.4. The van der Waals surface area contributed by atoms with E-state index in [-0.39, 0.29) is 23.6 Å². The number of nitrogen functional groups attached to an aromatic ring is 1. The molecule has 8 nitrogen and oxygen atoms in total. The second-order valence-corrected chi connectivity index (χ2v) is 15.9. The number of hydrogen-bond donors (Lipinski definition) is 3. The van der Waals surface area contributed by atoms with Crippen molar-refractivity contribution in [3.05, 3.63) is 35.0 Å². The lowest BCUT2D eigenvalue weighted by Crippen LogP contribution is -2.41. The van der Waals surface area contributed by atoms with Crippen LogP contribution in [-0.4, -0.2) is 56.4 Å². The minimum Gasteiger partial charge on any atom is -0.496 e. The Morgan fingerprint density at radius 1 is 1.14 bits per heavy atom. The first-order valence-electron chi connectivity index (χ1n) is 13.4. The van der Waals surface area contributed by atoms with E-state index in [1.165, 1.54) is 0 Å². The summed E-state index contributed by atoms with van der Waals surface area (Å²) in [5, 5.41) is 13.2. The third kappa shape index (κ3) is 9.16. The molecule has 37 heavy (non-hydrogen) atoms. The van der Waals surface area contributed by atoms with Crippen LogP contribution >= 0.6 is 0 Å². The molecule has 0 unspecified atom stereocenters. The standard InChI is InChI=1S/C28H48N4O4Si/c1-9-11-22(14-15-33)31-26-24(20(2)30-27(29)32-26)18-21-12-13-23(19-25(21)34-6)35-16-10-17-36-37(7,8)28(3,4)5/h12-13,19,22,33H,9-11,14-18H2,1-8H3,(H3,29,30,31,32)/t22-/m0/s1. The van der Waals surface area contributed by atoms with Crippen LogP contribution in [0.1, 0.15) is 70.2 Å². The summed E-state index contributed by atoms with van der Waals surface area (Å²) in [6.07, 6.45) is 3.99. The molecule has 1 atom stereocenters. The van der Waals surface area contributed by atoms with Crippen molar-refractivity contribution in [3.8, 4) is 11.5 Å². The predicted octanol–water partition coefficient (Wildman–Crippen LogP) is 5.72. The zero-order valence-electron chi connectivity index (χ0n) is 24.1. The summed E-state index contributed by atoms with van der Waals surface area (Å²) in [6, 6.07) is 6.03. The number of nitrogens with two attached hydrogens (primary N) is 1. The SMILES string of the molecule is CCC[C@@H](CCO)Nc1nc(N)nc(C)c1Cc1ccc(OCCCO[Si](C)(C)C(C)(C)C)cc1OC. The van der Waals surface area contributed by atoms with Gasteiger partial charge in [-0.25, -0.2) is 4.98 Å². The molecule has 0 aliphatic heterocycles. The first kappa shape index (κ1) is 30.9. The topological polar surface area (TPSA) is 112 Å². The van der Waals surface area contributed by atoms with Crippen LogP contribution in [-0.2, 0) is 10.8 Å². The van der Waals surface area contributed by atoms with Gasteiger partial charge in [0.1, 0.15) is 17.3 Å². The molecule has 0 saturated carbocycles. The van der Waals surface area contributed by atoms with Crippen molar-refractivity contribution in [2.24, 2.45) is 0 Å². The lowest BCUT2D eigenvalue weighted by molar-refractivity contribution is 0.233. The van der Waals surface area contributed by atoms with Crippen molar-refractivity contribution in [1.82, 2.24) is 9.97 Å². The number of aromatic nitrogens is 2. The number of ether oxygens (including phenoxy) is 2. The maximum absolute atomic E-state index is 9.48. The van der Waals surface area contributed by atoms with Crippen LogP contribution in [0.5, 0.6) is 11.5 Å². The van der Waals surface area contributed by atoms with Gasteiger partial charge in [-0.1, -0.05) is 40.2 Å². The molecule has 1 aromatic carbocycles. The molecule has 2 rings (SSSR count). The number of aryl methyl sites for hydroxylation is 1. The van der Waals surface area contributed by atoms with Gasteiger partial charge < -0.3 is 30.1 Å². The average Bonchev–Trinajstić information content (AvgIpc) is 2.81. The van der Waals surface area contributed by atoms with E-state index in [0.29, 0.717) is 31.9 Å². The fourth-order valence-electron chi connectivity index (χ4n) is 3.88. The summed E-state index contributed by atoms with van der Waals surface area (Å²) in [4.78, 5) is 8.89. The molecule has 0 saturated heterocycles. The van der Waals surface area contributed by atoms with Gasteiger partial charge in [0.05, 0.1) is 13.7 Å². The molecule has 0 bridgehead atoms. The summed E-state index contributed by atoms with van der Waals surface area (Å²) in [6.45, 7) is 16.7. The molecule has 1 heterocycles. The number of aliphatic hydroxyl groups excluding tert-OH is 1. The summed E-state index contributed by atoms with van der Waals surface area (Å²) in [5.74, 6) is 2.46. The van der Waals surface area contributed by atoms with Crippen LogP contribution in [0.15, 0.2) is 18.2 Å². The predicted molar refractivity (Wildman–Crippen MR) is 154 cm³/mol. The van der Waals surface area contributed by atoms with E-state index in [2.05, 4.69) is 56.1 Å². The summed E-state index contributed by atoms with van der Waals surface area (Å²) >= 11 is 0.